The molecule has 2 aliphatic rings. The first-order valence-corrected chi connectivity index (χ1v) is 11.8. The van der Waals surface area contributed by atoms with Crippen LogP contribution in [-0.4, -0.2) is 49.0 Å². The minimum Gasteiger partial charge on any atom is -0.496 e. The normalized spacial score (nSPS) is 32.0. The van der Waals surface area contributed by atoms with Gasteiger partial charge in [0, 0.05) is 12.8 Å². The van der Waals surface area contributed by atoms with E-state index in [4.69, 9.17) is 23.7 Å². The third kappa shape index (κ3) is 5.43. The van der Waals surface area contributed by atoms with E-state index in [2.05, 4.69) is 25.1 Å². The van der Waals surface area contributed by atoms with Crippen LogP contribution in [0.5, 0.6) is 5.75 Å². The standard InChI is InChI=1S/C26H36O6/c1-5-19(27)13-21-15-22(31-17(3)30-21)14-20-12-16(2)29-26(32-20)25-23-9-7-6-8-18(23)10-11-24(25)28-4/h6-11,16-17,19-22,26-27H,5,12-15H2,1-4H3. The fourth-order valence-electron chi connectivity index (χ4n) is 4.93. The van der Waals surface area contributed by atoms with Gasteiger partial charge in [-0.3, -0.25) is 0 Å². The molecule has 1 N–H and O–H groups in total. The Balaban J connectivity index is 1.50. The number of hydrogen-bond donors (Lipinski definition) is 1. The monoisotopic (exact) mass is 444 g/mol. The summed E-state index contributed by atoms with van der Waals surface area (Å²) >= 11 is 0. The highest BCUT2D eigenvalue weighted by atomic mass is 16.7. The summed E-state index contributed by atoms with van der Waals surface area (Å²) in [6, 6.07) is 12.3. The highest BCUT2D eigenvalue weighted by Gasteiger charge is 2.36. The maximum Gasteiger partial charge on any atom is 0.188 e. The van der Waals surface area contributed by atoms with Crippen LogP contribution in [0.15, 0.2) is 36.4 Å². The van der Waals surface area contributed by atoms with Gasteiger partial charge in [0.25, 0.3) is 0 Å². The molecule has 7 atom stereocenters. The summed E-state index contributed by atoms with van der Waals surface area (Å²) in [6.45, 7) is 6.01. The second kappa shape index (κ2) is 10.5. The summed E-state index contributed by atoms with van der Waals surface area (Å²) in [5.41, 5.74) is 0.937. The van der Waals surface area contributed by atoms with E-state index in [0.29, 0.717) is 6.42 Å². The number of fused-ring (bicyclic) bond motifs is 1. The van der Waals surface area contributed by atoms with Crippen molar-refractivity contribution in [1.29, 1.82) is 0 Å². The van der Waals surface area contributed by atoms with Gasteiger partial charge in [0.05, 0.1) is 43.2 Å². The topological polar surface area (TPSA) is 66.4 Å². The second-order valence-corrected chi connectivity index (χ2v) is 9.03. The van der Waals surface area contributed by atoms with Crippen LogP contribution in [-0.2, 0) is 18.9 Å². The Bertz CT molecular complexity index is 886. The molecule has 6 nitrogen and oxygen atoms in total. The largest absolute Gasteiger partial charge is 0.496 e. The Hall–Kier alpha value is -1.70. The molecule has 2 heterocycles. The Labute approximate surface area is 190 Å². The van der Waals surface area contributed by atoms with Crippen LogP contribution in [0.2, 0.25) is 0 Å². The first kappa shape index (κ1) is 23.5. The van der Waals surface area contributed by atoms with Crippen molar-refractivity contribution in [2.45, 2.75) is 96.0 Å². The number of aliphatic hydroxyl groups is 1. The van der Waals surface area contributed by atoms with Crippen LogP contribution in [0.25, 0.3) is 10.8 Å². The molecule has 0 aromatic heterocycles. The summed E-state index contributed by atoms with van der Waals surface area (Å²) in [5.74, 6) is 0.770. The lowest BCUT2D eigenvalue weighted by atomic mass is 9.96. The Morgan fingerprint density at radius 2 is 1.72 bits per heavy atom. The number of aliphatic hydroxyl groups excluding tert-OH is 1. The summed E-state index contributed by atoms with van der Waals surface area (Å²) in [4.78, 5) is 0. The van der Waals surface area contributed by atoms with Crippen molar-refractivity contribution in [3.05, 3.63) is 42.0 Å². The van der Waals surface area contributed by atoms with Gasteiger partial charge < -0.3 is 28.8 Å². The summed E-state index contributed by atoms with van der Waals surface area (Å²) in [6.07, 6.45) is 2.67. The van der Waals surface area contributed by atoms with Crippen molar-refractivity contribution in [3.8, 4) is 5.75 Å². The maximum atomic E-state index is 10.1. The van der Waals surface area contributed by atoms with Crippen LogP contribution in [0.1, 0.15) is 64.7 Å². The van der Waals surface area contributed by atoms with Crippen molar-refractivity contribution in [3.63, 3.8) is 0 Å². The van der Waals surface area contributed by atoms with Gasteiger partial charge in [0.15, 0.2) is 12.6 Å². The zero-order chi connectivity index (χ0) is 22.7. The molecule has 0 aliphatic carbocycles. The quantitative estimate of drug-likeness (QED) is 0.640. The van der Waals surface area contributed by atoms with Crippen LogP contribution >= 0.6 is 0 Å². The van der Waals surface area contributed by atoms with Crippen LogP contribution in [0.4, 0.5) is 0 Å². The minimum atomic E-state index is -0.500. The smallest absolute Gasteiger partial charge is 0.188 e. The summed E-state index contributed by atoms with van der Waals surface area (Å²) < 4.78 is 30.4. The van der Waals surface area contributed by atoms with Gasteiger partial charge in [-0.05, 0) is 49.9 Å². The zero-order valence-corrected chi connectivity index (χ0v) is 19.5. The molecule has 7 unspecified atom stereocenters. The van der Waals surface area contributed by atoms with Crippen LogP contribution < -0.4 is 4.74 Å². The van der Waals surface area contributed by atoms with Crippen molar-refractivity contribution < 1.29 is 28.8 Å². The fraction of sp³-hybridized carbons (Fsp3) is 0.615. The molecule has 0 saturated carbocycles. The van der Waals surface area contributed by atoms with Crippen molar-refractivity contribution >= 4 is 10.8 Å². The van der Waals surface area contributed by atoms with Gasteiger partial charge in [-0.1, -0.05) is 37.3 Å². The molecule has 2 aromatic rings. The predicted octanol–water partition coefficient (Wildman–Crippen LogP) is 5.11. The molecular weight excluding hydrogens is 408 g/mol. The lowest BCUT2D eigenvalue weighted by Crippen LogP contribution is -2.42. The molecule has 0 spiro atoms. The lowest BCUT2D eigenvalue weighted by molar-refractivity contribution is -0.270. The highest BCUT2D eigenvalue weighted by molar-refractivity contribution is 5.88. The van der Waals surface area contributed by atoms with E-state index in [1.807, 2.05) is 32.0 Å². The first-order chi connectivity index (χ1) is 15.5. The molecule has 0 radical (unpaired) electrons. The molecule has 2 aromatic carbocycles. The van der Waals surface area contributed by atoms with Crippen molar-refractivity contribution in [2.24, 2.45) is 0 Å². The Morgan fingerprint density at radius 3 is 2.50 bits per heavy atom. The first-order valence-electron chi connectivity index (χ1n) is 11.8. The molecule has 32 heavy (non-hydrogen) atoms. The van der Waals surface area contributed by atoms with Crippen LogP contribution in [0, 0.1) is 0 Å². The van der Waals surface area contributed by atoms with Crippen molar-refractivity contribution in [2.75, 3.05) is 7.11 Å². The molecule has 4 rings (SSSR count). The average Bonchev–Trinajstić information content (AvgIpc) is 2.77. The summed E-state index contributed by atoms with van der Waals surface area (Å²) in [7, 11) is 1.68. The number of methoxy groups -OCH3 is 1. The van der Waals surface area contributed by atoms with E-state index in [9.17, 15) is 5.11 Å². The molecule has 2 fully saturated rings. The molecule has 0 amide bonds. The third-order valence-corrected chi connectivity index (χ3v) is 6.48. The summed E-state index contributed by atoms with van der Waals surface area (Å²) in [5, 5.41) is 12.3. The Kier molecular flexibility index (Phi) is 7.69. The SMILES string of the molecule is CCC(O)CC1CC(CC2CC(C)OC(c3c(OC)ccc4ccccc34)O2)OC(C)O1. The van der Waals surface area contributed by atoms with E-state index in [0.717, 1.165) is 47.8 Å². The van der Waals surface area contributed by atoms with Gasteiger partial charge in [-0.25, -0.2) is 0 Å². The van der Waals surface area contributed by atoms with Gasteiger partial charge in [0.2, 0.25) is 0 Å². The van der Waals surface area contributed by atoms with E-state index in [1.165, 1.54) is 0 Å². The van der Waals surface area contributed by atoms with E-state index < -0.39 is 6.29 Å². The average molecular weight is 445 g/mol. The number of ether oxygens (including phenoxy) is 5. The molecule has 2 saturated heterocycles. The number of hydrogen-bond acceptors (Lipinski definition) is 6. The number of rotatable bonds is 7. The highest BCUT2D eigenvalue weighted by Crippen LogP contribution is 2.40. The van der Waals surface area contributed by atoms with E-state index >= 15 is 0 Å². The van der Waals surface area contributed by atoms with Gasteiger partial charge in [-0.2, -0.15) is 0 Å². The van der Waals surface area contributed by atoms with Gasteiger partial charge in [0.1, 0.15) is 5.75 Å². The fourth-order valence-corrected chi connectivity index (χ4v) is 4.93. The van der Waals surface area contributed by atoms with E-state index in [1.54, 1.807) is 7.11 Å². The van der Waals surface area contributed by atoms with Gasteiger partial charge >= 0.3 is 0 Å². The Morgan fingerprint density at radius 1 is 0.969 bits per heavy atom. The molecule has 6 heteroatoms. The molecular formula is C26H36O6. The lowest BCUT2D eigenvalue weighted by Gasteiger charge is -2.40. The van der Waals surface area contributed by atoms with Crippen molar-refractivity contribution in [1.82, 2.24) is 0 Å². The zero-order valence-electron chi connectivity index (χ0n) is 19.5. The predicted molar refractivity (Wildman–Crippen MR) is 123 cm³/mol. The third-order valence-electron chi connectivity index (χ3n) is 6.48. The second-order valence-electron chi connectivity index (χ2n) is 9.03. The number of benzene rings is 2. The maximum absolute atomic E-state index is 10.1. The van der Waals surface area contributed by atoms with E-state index in [-0.39, 0.29) is 36.8 Å². The molecule has 2 aliphatic heterocycles. The van der Waals surface area contributed by atoms with Crippen LogP contribution in [0.3, 0.4) is 0 Å². The molecule has 176 valence electrons. The minimum absolute atomic E-state index is 0.000488. The van der Waals surface area contributed by atoms with Gasteiger partial charge in [-0.15, -0.1) is 0 Å². The molecule has 0 bridgehead atoms.